The van der Waals surface area contributed by atoms with Crippen LogP contribution in [0.1, 0.15) is 5.56 Å². The van der Waals surface area contributed by atoms with E-state index in [2.05, 4.69) is 0 Å². The highest BCUT2D eigenvalue weighted by atomic mass is 19.4. The minimum absolute atomic E-state index is 0.385. The molecule has 19 heavy (non-hydrogen) atoms. The largest absolute Gasteiger partial charge is 0.450 e. The summed E-state index contributed by atoms with van der Waals surface area (Å²) in [5, 5.41) is 0. The smallest absolute Gasteiger partial charge is 0.289 e. The van der Waals surface area contributed by atoms with Crippen molar-refractivity contribution in [2.75, 3.05) is 0 Å². The first-order valence-corrected chi connectivity index (χ1v) is 5.72. The Morgan fingerprint density at radius 3 is 2.11 bits per heavy atom. The predicted molar refractivity (Wildman–Crippen MR) is 66.6 cm³/mol. The van der Waals surface area contributed by atoms with E-state index < -0.39 is 18.4 Å². The zero-order chi connectivity index (χ0) is 13.9. The van der Waals surface area contributed by atoms with Crippen LogP contribution in [0, 0.1) is 0 Å². The van der Waals surface area contributed by atoms with E-state index in [4.69, 9.17) is 0 Å². The number of hydrogen-bond acceptors (Lipinski definition) is 1. The molecule has 0 aromatic heterocycles. The van der Waals surface area contributed by atoms with Gasteiger partial charge in [0.2, 0.25) is 5.78 Å². The quantitative estimate of drug-likeness (QED) is 0.818. The lowest BCUT2D eigenvalue weighted by Gasteiger charge is -2.10. The second kappa shape index (κ2) is 5.26. The Labute approximate surface area is 108 Å². The summed E-state index contributed by atoms with van der Waals surface area (Å²) in [5.41, 5.74) is 1.84. The van der Waals surface area contributed by atoms with Crippen molar-refractivity contribution in [1.29, 1.82) is 0 Å². The van der Waals surface area contributed by atoms with Gasteiger partial charge in [0.25, 0.3) is 0 Å². The van der Waals surface area contributed by atoms with Gasteiger partial charge in [-0.05, 0) is 16.7 Å². The monoisotopic (exact) mass is 264 g/mol. The van der Waals surface area contributed by atoms with Crippen molar-refractivity contribution in [1.82, 2.24) is 0 Å². The normalized spacial score (nSPS) is 11.3. The molecule has 0 fully saturated rings. The molecule has 0 saturated heterocycles. The molecule has 0 amide bonds. The van der Waals surface area contributed by atoms with Crippen LogP contribution in [0.5, 0.6) is 0 Å². The first-order chi connectivity index (χ1) is 8.98. The lowest BCUT2D eigenvalue weighted by Crippen LogP contribution is -2.24. The van der Waals surface area contributed by atoms with E-state index in [0.717, 1.165) is 5.56 Å². The van der Waals surface area contributed by atoms with Gasteiger partial charge in [0.15, 0.2) is 0 Å². The van der Waals surface area contributed by atoms with Crippen LogP contribution in [-0.2, 0) is 11.2 Å². The predicted octanol–water partition coefficient (Wildman–Crippen LogP) is 4.03. The summed E-state index contributed by atoms with van der Waals surface area (Å²) in [6.45, 7) is 0. The summed E-state index contributed by atoms with van der Waals surface area (Å²) in [6, 6.07) is 15.7. The fourth-order valence-electron chi connectivity index (χ4n) is 1.85. The molecule has 0 aliphatic carbocycles. The van der Waals surface area contributed by atoms with Crippen LogP contribution in [0.4, 0.5) is 13.2 Å². The van der Waals surface area contributed by atoms with Gasteiger partial charge in [0, 0.05) is 6.42 Å². The molecule has 2 aromatic carbocycles. The third-order valence-electron chi connectivity index (χ3n) is 2.77. The Kier molecular flexibility index (Phi) is 3.69. The molecular weight excluding hydrogens is 253 g/mol. The van der Waals surface area contributed by atoms with E-state index >= 15 is 0 Å². The Balaban J connectivity index is 2.35. The molecule has 0 aliphatic heterocycles. The van der Waals surface area contributed by atoms with Crippen LogP contribution in [0.2, 0.25) is 0 Å². The standard InChI is InChI=1S/C15H11F3O/c16-15(17,18)14(19)10-12-8-4-5-9-13(12)11-6-2-1-3-7-11/h1-9H,10H2. The van der Waals surface area contributed by atoms with E-state index in [9.17, 15) is 18.0 Å². The molecule has 0 aliphatic rings. The van der Waals surface area contributed by atoms with Gasteiger partial charge in [-0.1, -0.05) is 54.6 Å². The van der Waals surface area contributed by atoms with Gasteiger partial charge < -0.3 is 0 Å². The Morgan fingerprint density at radius 1 is 0.895 bits per heavy atom. The highest BCUT2D eigenvalue weighted by Gasteiger charge is 2.38. The van der Waals surface area contributed by atoms with Crippen molar-refractivity contribution >= 4 is 5.78 Å². The number of rotatable bonds is 3. The topological polar surface area (TPSA) is 17.1 Å². The Morgan fingerprint density at radius 2 is 1.47 bits per heavy atom. The maximum Gasteiger partial charge on any atom is 0.450 e. The molecule has 98 valence electrons. The SMILES string of the molecule is O=C(Cc1ccccc1-c1ccccc1)C(F)(F)F. The van der Waals surface area contributed by atoms with Gasteiger partial charge in [-0.3, -0.25) is 4.79 Å². The van der Waals surface area contributed by atoms with E-state index in [-0.39, 0.29) is 0 Å². The molecular formula is C15H11F3O. The number of benzene rings is 2. The van der Waals surface area contributed by atoms with Crippen LogP contribution in [0.3, 0.4) is 0 Å². The lowest BCUT2D eigenvalue weighted by atomic mass is 9.96. The second-order valence-corrected chi connectivity index (χ2v) is 4.12. The molecule has 0 saturated carbocycles. The third kappa shape index (κ3) is 3.22. The highest BCUT2D eigenvalue weighted by Crippen LogP contribution is 2.26. The summed E-state index contributed by atoms with van der Waals surface area (Å²) < 4.78 is 37.0. The van der Waals surface area contributed by atoms with Crippen molar-refractivity contribution in [3.63, 3.8) is 0 Å². The van der Waals surface area contributed by atoms with E-state index in [1.165, 1.54) is 0 Å². The number of carbonyl (C=O) groups is 1. The fraction of sp³-hybridized carbons (Fsp3) is 0.133. The fourth-order valence-corrected chi connectivity index (χ4v) is 1.85. The minimum Gasteiger partial charge on any atom is -0.289 e. The maximum atomic E-state index is 12.3. The van der Waals surface area contributed by atoms with Crippen LogP contribution >= 0.6 is 0 Å². The van der Waals surface area contributed by atoms with E-state index in [1.54, 1.807) is 48.5 Å². The first-order valence-electron chi connectivity index (χ1n) is 5.72. The molecule has 0 unspecified atom stereocenters. The van der Waals surface area contributed by atoms with Crippen molar-refractivity contribution in [2.24, 2.45) is 0 Å². The molecule has 0 spiro atoms. The second-order valence-electron chi connectivity index (χ2n) is 4.12. The zero-order valence-electron chi connectivity index (χ0n) is 9.95. The average molecular weight is 264 g/mol. The molecule has 0 heterocycles. The Hall–Kier alpha value is -2.10. The van der Waals surface area contributed by atoms with E-state index in [1.807, 2.05) is 6.07 Å². The molecule has 4 heteroatoms. The highest BCUT2D eigenvalue weighted by molar-refractivity contribution is 5.88. The number of hydrogen-bond donors (Lipinski definition) is 0. The first kappa shape index (κ1) is 13.3. The van der Waals surface area contributed by atoms with Gasteiger partial charge >= 0.3 is 6.18 Å². The number of alkyl halides is 3. The molecule has 1 nitrogen and oxygen atoms in total. The van der Waals surface area contributed by atoms with Gasteiger partial charge in [-0.25, -0.2) is 0 Å². The molecule has 0 atom stereocenters. The zero-order valence-corrected chi connectivity index (χ0v) is 9.95. The number of halogens is 3. The average Bonchev–Trinajstić information content (AvgIpc) is 2.39. The summed E-state index contributed by atoms with van der Waals surface area (Å²) >= 11 is 0. The van der Waals surface area contributed by atoms with Gasteiger partial charge in [0.1, 0.15) is 0 Å². The molecule has 2 rings (SSSR count). The van der Waals surface area contributed by atoms with Gasteiger partial charge in [-0.15, -0.1) is 0 Å². The molecule has 0 radical (unpaired) electrons. The summed E-state index contributed by atoms with van der Waals surface area (Å²) in [4.78, 5) is 11.1. The number of carbonyl (C=O) groups excluding carboxylic acids is 1. The van der Waals surface area contributed by atoms with Crippen molar-refractivity contribution in [3.8, 4) is 11.1 Å². The summed E-state index contributed by atoms with van der Waals surface area (Å²) in [5.74, 6) is -1.73. The number of Topliss-reactive ketones (excluding diaryl/α,β-unsaturated/α-hetero) is 1. The maximum absolute atomic E-state index is 12.3. The summed E-state index contributed by atoms with van der Waals surface area (Å²) in [6.07, 6.45) is -5.42. The third-order valence-corrected chi connectivity index (χ3v) is 2.77. The van der Waals surface area contributed by atoms with E-state index in [0.29, 0.717) is 11.1 Å². The Bertz CT molecular complexity index is 573. The molecule has 0 N–H and O–H groups in total. The number of ketones is 1. The van der Waals surface area contributed by atoms with Crippen LogP contribution in [0.25, 0.3) is 11.1 Å². The van der Waals surface area contributed by atoms with Crippen LogP contribution < -0.4 is 0 Å². The molecule has 0 bridgehead atoms. The van der Waals surface area contributed by atoms with Crippen LogP contribution in [-0.4, -0.2) is 12.0 Å². The van der Waals surface area contributed by atoms with Crippen molar-refractivity contribution < 1.29 is 18.0 Å². The summed E-state index contributed by atoms with van der Waals surface area (Å²) in [7, 11) is 0. The van der Waals surface area contributed by atoms with Crippen LogP contribution in [0.15, 0.2) is 54.6 Å². The van der Waals surface area contributed by atoms with Gasteiger partial charge in [0.05, 0.1) is 0 Å². The van der Waals surface area contributed by atoms with Crippen molar-refractivity contribution in [3.05, 3.63) is 60.2 Å². The van der Waals surface area contributed by atoms with Crippen molar-refractivity contribution in [2.45, 2.75) is 12.6 Å². The van der Waals surface area contributed by atoms with Gasteiger partial charge in [-0.2, -0.15) is 13.2 Å². The minimum atomic E-state index is -4.79. The molecule has 2 aromatic rings. The lowest BCUT2D eigenvalue weighted by molar-refractivity contribution is -0.170.